The van der Waals surface area contributed by atoms with Crippen molar-refractivity contribution in [2.75, 3.05) is 26.1 Å². The van der Waals surface area contributed by atoms with Gasteiger partial charge in [0, 0.05) is 12.2 Å². The van der Waals surface area contributed by atoms with Gasteiger partial charge in [0.15, 0.2) is 0 Å². The topological polar surface area (TPSA) is 81.2 Å². The summed E-state index contributed by atoms with van der Waals surface area (Å²) >= 11 is 0. The van der Waals surface area contributed by atoms with Crippen molar-refractivity contribution in [2.24, 2.45) is 0 Å². The number of anilines is 2. The van der Waals surface area contributed by atoms with E-state index in [4.69, 9.17) is 9.47 Å². The van der Waals surface area contributed by atoms with Crippen molar-refractivity contribution >= 4 is 11.6 Å². The van der Waals surface area contributed by atoms with Crippen LogP contribution in [0, 0.1) is 0 Å². The average molecular weight is 287 g/mol. The second kappa shape index (κ2) is 5.92. The summed E-state index contributed by atoms with van der Waals surface area (Å²) in [6, 6.07) is 6.60. The number of aromatic nitrogens is 3. The maximum Gasteiger partial charge on any atom is 0.324 e. The third kappa shape index (κ3) is 2.87. The SMILES string of the molecule is COc1nc(Nc2cccc3c2CCNC3)nc(OC)n1. The van der Waals surface area contributed by atoms with E-state index in [0.717, 1.165) is 25.2 Å². The number of rotatable bonds is 4. The van der Waals surface area contributed by atoms with Gasteiger partial charge in [0.05, 0.1) is 14.2 Å². The normalized spacial score (nSPS) is 13.4. The molecule has 2 heterocycles. The fourth-order valence-corrected chi connectivity index (χ4v) is 2.35. The van der Waals surface area contributed by atoms with E-state index >= 15 is 0 Å². The van der Waals surface area contributed by atoms with Crippen LogP contribution in [0.4, 0.5) is 11.6 Å². The van der Waals surface area contributed by atoms with Gasteiger partial charge in [-0.15, -0.1) is 4.98 Å². The predicted octanol–water partition coefficient (Wildman–Crippen LogP) is 1.28. The molecule has 0 unspecified atom stereocenters. The summed E-state index contributed by atoms with van der Waals surface area (Å²) in [5.41, 5.74) is 3.58. The second-order valence-corrected chi connectivity index (χ2v) is 4.63. The number of hydrogen-bond donors (Lipinski definition) is 2. The molecule has 1 aromatic heterocycles. The van der Waals surface area contributed by atoms with Crippen LogP contribution in [0.2, 0.25) is 0 Å². The third-order valence-electron chi connectivity index (χ3n) is 3.35. The van der Waals surface area contributed by atoms with Crippen molar-refractivity contribution in [3.63, 3.8) is 0 Å². The zero-order valence-electron chi connectivity index (χ0n) is 12.0. The van der Waals surface area contributed by atoms with Crippen LogP contribution >= 0.6 is 0 Å². The summed E-state index contributed by atoms with van der Waals surface area (Å²) in [5.74, 6) is 0.408. The van der Waals surface area contributed by atoms with E-state index in [1.54, 1.807) is 0 Å². The van der Waals surface area contributed by atoms with E-state index in [9.17, 15) is 0 Å². The Morgan fingerprint density at radius 1 is 1.10 bits per heavy atom. The van der Waals surface area contributed by atoms with Crippen molar-refractivity contribution < 1.29 is 9.47 Å². The van der Waals surface area contributed by atoms with Gasteiger partial charge in [0.25, 0.3) is 0 Å². The van der Waals surface area contributed by atoms with Crippen molar-refractivity contribution in [3.8, 4) is 12.0 Å². The summed E-state index contributed by atoms with van der Waals surface area (Å²) in [7, 11) is 3.02. The van der Waals surface area contributed by atoms with E-state index < -0.39 is 0 Å². The lowest BCUT2D eigenvalue weighted by atomic mass is 9.99. The predicted molar refractivity (Wildman–Crippen MR) is 78.1 cm³/mol. The highest BCUT2D eigenvalue weighted by Crippen LogP contribution is 2.26. The molecule has 21 heavy (non-hydrogen) atoms. The zero-order valence-corrected chi connectivity index (χ0v) is 12.0. The Morgan fingerprint density at radius 3 is 2.57 bits per heavy atom. The van der Waals surface area contributed by atoms with E-state index in [1.165, 1.54) is 25.3 Å². The first-order chi connectivity index (χ1) is 10.3. The van der Waals surface area contributed by atoms with Gasteiger partial charge in [-0.2, -0.15) is 9.97 Å². The molecule has 2 N–H and O–H groups in total. The Kier molecular flexibility index (Phi) is 3.83. The molecule has 110 valence electrons. The first-order valence-corrected chi connectivity index (χ1v) is 6.72. The molecule has 0 bridgehead atoms. The first kappa shape index (κ1) is 13.6. The minimum absolute atomic E-state index is 0.218. The molecule has 1 aromatic carbocycles. The summed E-state index contributed by atoms with van der Waals surface area (Å²) < 4.78 is 10.1. The molecular formula is C14H17N5O2. The highest BCUT2D eigenvalue weighted by molar-refractivity contribution is 5.61. The van der Waals surface area contributed by atoms with Crippen LogP contribution in [-0.4, -0.2) is 35.7 Å². The first-order valence-electron chi connectivity index (χ1n) is 6.72. The van der Waals surface area contributed by atoms with E-state index in [1.807, 2.05) is 12.1 Å². The van der Waals surface area contributed by atoms with E-state index in [-0.39, 0.29) is 12.0 Å². The van der Waals surface area contributed by atoms with E-state index in [2.05, 4.69) is 31.7 Å². The minimum Gasteiger partial charge on any atom is -0.467 e. The lowest BCUT2D eigenvalue weighted by Crippen LogP contribution is -2.24. The lowest BCUT2D eigenvalue weighted by molar-refractivity contribution is 0.341. The summed E-state index contributed by atoms with van der Waals surface area (Å²) in [6.45, 7) is 1.85. The van der Waals surface area contributed by atoms with Crippen molar-refractivity contribution in [1.82, 2.24) is 20.3 Å². The van der Waals surface area contributed by atoms with E-state index in [0.29, 0.717) is 5.95 Å². The van der Waals surface area contributed by atoms with Gasteiger partial charge in [0.1, 0.15) is 0 Å². The van der Waals surface area contributed by atoms with Gasteiger partial charge in [-0.05, 0) is 30.2 Å². The largest absolute Gasteiger partial charge is 0.467 e. The van der Waals surface area contributed by atoms with Crippen molar-refractivity contribution in [1.29, 1.82) is 0 Å². The Labute approximate surface area is 122 Å². The van der Waals surface area contributed by atoms with Gasteiger partial charge >= 0.3 is 12.0 Å². The molecule has 0 radical (unpaired) electrons. The van der Waals surface area contributed by atoms with Gasteiger partial charge in [0.2, 0.25) is 5.95 Å². The summed E-state index contributed by atoms with van der Waals surface area (Å²) in [4.78, 5) is 12.4. The molecule has 0 amide bonds. The standard InChI is InChI=1S/C14H17N5O2/c1-20-13-17-12(18-14(19-13)21-2)16-11-5-3-4-9-8-15-7-6-10(9)11/h3-5,15H,6-8H2,1-2H3,(H,16,17,18,19). The number of benzene rings is 1. The monoisotopic (exact) mass is 287 g/mol. The van der Waals surface area contributed by atoms with Crippen LogP contribution in [-0.2, 0) is 13.0 Å². The van der Waals surface area contributed by atoms with Crippen LogP contribution in [0.3, 0.4) is 0 Å². The molecule has 0 atom stereocenters. The molecule has 7 nitrogen and oxygen atoms in total. The van der Waals surface area contributed by atoms with Crippen LogP contribution in [0.15, 0.2) is 18.2 Å². The molecule has 2 aromatic rings. The molecule has 1 aliphatic heterocycles. The average Bonchev–Trinajstić information content (AvgIpc) is 2.55. The minimum atomic E-state index is 0.218. The Bertz CT molecular complexity index is 625. The number of ether oxygens (including phenoxy) is 2. The number of methoxy groups -OCH3 is 2. The van der Waals surface area contributed by atoms with Crippen LogP contribution in [0.5, 0.6) is 12.0 Å². The number of nitrogens with zero attached hydrogens (tertiary/aromatic N) is 3. The maximum atomic E-state index is 5.06. The Balaban J connectivity index is 1.93. The number of nitrogens with one attached hydrogen (secondary N) is 2. The van der Waals surface area contributed by atoms with Crippen molar-refractivity contribution in [2.45, 2.75) is 13.0 Å². The fraction of sp³-hybridized carbons (Fsp3) is 0.357. The molecule has 0 fully saturated rings. The van der Waals surface area contributed by atoms with Gasteiger partial charge in [-0.25, -0.2) is 0 Å². The van der Waals surface area contributed by atoms with Gasteiger partial charge in [-0.3, -0.25) is 0 Å². The molecule has 0 saturated carbocycles. The molecule has 0 spiro atoms. The Hall–Kier alpha value is -2.41. The lowest BCUT2D eigenvalue weighted by Gasteiger charge is -2.20. The van der Waals surface area contributed by atoms with Crippen molar-refractivity contribution in [3.05, 3.63) is 29.3 Å². The van der Waals surface area contributed by atoms with Gasteiger partial charge < -0.3 is 20.1 Å². The fourth-order valence-electron chi connectivity index (χ4n) is 2.35. The molecule has 3 rings (SSSR count). The zero-order chi connectivity index (χ0) is 14.7. The quantitative estimate of drug-likeness (QED) is 0.876. The number of fused-ring (bicyclic) bond motifs is 1. The highest BCUT2D eigenvalue weighted by Gasteiger charge is 2.14. The molecule has 0 saturated heterocycles. The second-order valence-electron chi connectivity index (χ2n) is 4.63. The summed E-state index contributed by atoms with van der Waals surface area (Å²) in [5, 5.41) is 6.59. The molecule has 7 heteroatoms. The molecule has 0 aliphatic carbocycles. The van der Waals surface area contributed by atoms with Crippen LogP contribution in [0.1, 0.15) is 11.1 Å². The highest BCUT2D eigenvalue weighted by atomic mass is 16.5. The molecule has 1 aliphatic rings. The van der Waals surface area contributed by atoms with Crippen LogP contribution in [0.25, 0.3) is 0 Å². The summed E-state index contributed by atoms with van der Waals surface area (Å²) in [6.07, 6.45) is 0.970. The smallest absolute Gasteiger partial charge is 0.324 e. The van der Waals surface area contributed by atoms with Crippen LogP contribution < -0.4 is 20.1 Å². The maximum absolute atomic E-state index is 5.06. The molecular weight excluding hydrogens is 270 g/mol. The third-order valence-corrected chi connectivity index (χ3v) is 3.35. The Morgan fingerprint density at radius 2 is 1.86 bits per heavy atom. The number of hydrogen-bond acceptors (Lipinski definition) is 7. The van der Waals surface area contributed by atoms with Gasteiger partial charge in [-0.1, -0.05) is 12.1 Å².